The number of benzene rings is 1. The fraction of sp³-hybridized carbons (Fsp3) is 0.267. The average molecular weight is 353 g/mol. The third-order valence-electron chi connectivity index (χ3n) is 2.71. The summed E-state index contributed by atoms with van der Waals surface area (Å²) in [7, 11) is 0. The first-order valence-electron chi connectivity index (χ1n) is 7.00. The minimum Gasteiger partial charge on any atom is -0.352 e. The first-order chi connectivity index (χ1) is 11.0. The van der Waals surface area contributed by atoms with E-state index in [0.717, 1.165) is 0 Å². The van der Waals surface area contributed by atoms with E-state index < -0.39 is 5.91 Å². The molecule has 0 aliphatic carbocycles. The summed E-state index contributed by atoms with van der Waals surface area (Å²) < 4.78 is 0. The van der Waals surface area contributed by atoms with Gasteiger partial charge in [0.15, 0.2) is 5.13 Å². The molecule has 2 aromatic rings. The van der Waals surface area contributed by atoms with E-state index in [1.165, 1.54) is 11.3 Å². The highest BCUT2D eigenvalue weighted by atomic mass is 35.5. The Hall–Kier alpha value is -2.12. The minimum absolute atomic E-state index is 0.0325. The van der Waals surface area contributed by atoms with Gasteiger partial charge in [0.1, 0.15) is 5.69 Å². The van der Waals surface area contributed by atoms with Gasteiger partial charge in [-0.3, -0.25) is 9.59 Å². The van der Waals surface area contributed by atoms with E-state index >= 15 is 0 Å². The van der Waals surface area contributed by atoms with Crippen molar-refractivity contribution < 1.29 is 9.59 Å². The van der Waals surface area contributed by atoms with Crippen LogP contribution in [0.1, 0.15) is 24.3 Å². The lowest BCUT2D eigenvalue weighted by Crippen LogP contribution is -2.39. The fourth-order valence-electron chi connectivity index (χ4n) is 1.74. The number of hydrogen-bond acceptors (Lipinski definition) is 5. The number of para-hydroxylation sites is 1. The molecule has 0 atom stereocenters. The Bertz CT molecular complexity index is 702. The molecular formula is C15H17ClN4O2S. The molecule has 0 aliphatic rings. The van der Waals surface area contributed by atoms with Crippen LogP contribution in [0.2, 0.25) is 5.02 Å². The van der Waals surface area contributed by atoms with Gasteiger partial charge in [0.25, 0.3) is 5.91 Å². The molecule has 8 heteroatoms. The summed E-state index contributed by atoms with van der Waals surface area (Å²) in [6.07, 6.45) is 0. The molecule has 122 valence electrons. The molecule has 0 unspecified atom stereocenters. The number of thiazole rings is 1. The highest BCUT2D eigenvalue weighted by Gasteiger charge is 2.13. The Kier molecular flexibility index (Phi) is 5.95. The lowest BCUT2D eigenvalue weighted by molar-refractivity contribution is -0.120. The Labute approximate surface area is 143 Å². The number of hydrogen-bond donors (Lipinski definition) is 3. The third kappa shape index (κ3) is 5.22. The molecule has 23 heavy (non-hydrogen) atoms. The van der Waals surface area contributed by atoms with Crippen LogP contribution in [0, 0.1) is 0 Å². The van der Waals surface area contributed by atoms with Crippen molar-refractivity contribution in [2.24, 2.45) is 0 Å². The summed E-state index contributed by atoms with van der Waals surface area (Å²) in [4.78, 5) is 27.7. The smallest absolute Gasteiger partial charge is 0.271 e. The monoisotopic (exact) mass is 352 g/mol. The van der Waals surface area contributed by atoms with Crippen molar-refractivity contribution in [3.63, 3.8) is 0 Å². The molecule has 0 bridgehead atoms. The number of carbonyl (C=O) groups excluding carboxylic acids is 2. The zero-order valence-electron chi connectivity index (χ0n) is 12.7. The predicted molar refractivity (Wildman–Crippen MR) is 92.5 cm³/mol. The van der Waals surface area contributed by atoms with E-state index in [1.807, 2.05) is 32.0 Å². The molecule has 2 amide bonds. The van der Waals surface area contributed by atoms with Crippen LogP contribution in [0.25, 0.3) is 0 Å². The van der Waals surface area contributed by atoms with Gasteiger partial charge < -0.3 is 16.0 Å². The molecule has 0 saturated heterocycles. The number of halogens is 1. The lowest BCUT2D eigenvalue weighted by atomic mass is 10.3. The predicted octanol–water partition coefficient (Wildman–Crippen LogP) is 2.79. The van der Waals surface area contributed by atoms with Gasteiger partial charge in [-0.2, -0.15) is 0 Å². The van der Waals surface area contributed by atoms with E-state index in [2.05, 4.69) is 20.9 Å². The molecule has 0 radical (unpaired) electrons. The molecule has 0 fully saturated rings. The first-order valence-corrected chi connectivity index (χ1v) is 8.26. The maximum absolute atomic E-state index is 12.0. The molecule has 3 N–H and O–H groups in total. The van der Waals surface area contributed by atoms with Gasteiger partial charge in [-0.1, -0.05) is 23.7 Å². The van der Waals surface area contributed by atoms with Crippen molar-refractivity contribution in [2.45, 2.75) is 19.9 Å². The fourth-order valence-corrected chi connectivity index (χ4v) is 2.62. The van der Waals surface area contributed by atoms with Crippen molar-refractivity contribution in [1.82, 2.24) is 15.6 Å². The summed E-state index contributed by atoms with van der Waals surface area (Å²) in [5.74, 6) is -0.634. The maximum atomic E-state index is 12.0. The van der Waals surface area contributed by atoms with Crippen LogP contribution in [0.15, 0.2) is 29.6 Å². The van der Waals surface area contributed by atoms with Crippen LogP contribution in [-0.4, -0.2) is 29.4 Å². The van der Waals surface area contributed by atoms with Crippen LogP contribution < -0.4 is 16.0 Å². The largest absolute Gasteiger partial charge is 0.352 e. The number of nitrogens with one attached hydrogen (secondary N) is 3. The van der Waals surface area contributed by atoms with Crippen molar-refractivity contribution in [3.05, 3.63) is 40.4 Å². The molecular weight excluding hydrogens is 336 g/mol. The maximum Gasteiger partial charge on any atom is 0.271 e. The van der Waals surface area contributed by atoms with Gasteiger partial charge in [0, 0.05) is 11.4 Å². The Morgan fingerprint density at radius 1 is 1.30 bits per heavy atom. The standard InChI is InChI=1S/C15H17ClN4O2S/c1-9(2)18-13(21)7-17-14(22)12-8-23-15(20-12)19-11-6-4-3-5-10(11)16/h3-6,8-9H,7H2,1-2H3,(H,17,22)(H,18,21)(H,19,20). The summed E-state index contributed by atoms with van der Waals surface area (Å²) in [5.41, 5.74) is 0.966. The molecule has 0 aliphatic heterocycles. The summed E-state index contributed by atoms with van der Waals surface area (Å²) in [6, 6.07) is 7.29. The average Bonchev–Trinajstić information content (AvgIpc) is 2.95. The second kappa shape index (κ2) is 7.94. The number of anilines is 2. The highest BCUT2D eigenvalue weighted by molar-refractivity contribution is 7.14. The van der Waals surface area contributed by atoms with Crippen molar-refractivity contribution >= 4 is 45.6 Å². The third-order valence-corrected chi connectivity index (χ3v) is 3.80. The normalized spacial score (nSPS) is 10.4. The Morgan fingerprint density at radius 3 is 2.74 bits per heavy atom. The van der Waals surface area contributed by atoms with Crippen LogP contribution in [0.4, 0.5) is 10.8 Å². The van der Waals surface area contributed by atoms with Gasteiger partial charge in [0.2, 0.25) is 5.91 Å². The van der Waals surface area contributed by atoms with Gasteiger partial charge in [-0.15, -0.1) is 11.3 Å². The summed E-state index contributed by atoms with van der Waals surface area (Å²) in [6.45, 7) is 3.63. The number of nitrogens with zero attached hydrogens (tertiary/aromatic N) is 1. The molecule has 1 aromatic heterocycles. The molecule has 6 nitrogen and oxygen atoms in total. The van der Waals surface area contributed by atoms with E-state index in [4.69, 9.17) is 11.6 Å². The van der Waals surface area contributed by atoms with Crippen molar-refractivity contribution in [1.29, 1.82) is 0 Å². The first kappa shape index (κ1) is 17.2. The molecule has 2 rings (SSSR count). The second-order valence-corrected chi connectivity index (χ2v) is 6.31. The van der Waals surface area contributed by atoms with Crippen LogP contribution >= 0.6 is 22.9 Å². The van der Waals surface area contributed by atoms with E-state index in [1.54, 1.807) is 11.4 Å². The van der Waals surface area contributed by atoms with Crippen molar-refractivity contribution in [2.75, 3.05) is 11.9 Å². The van der Waals surface area contributed by atoms with E-state index in [0.29, 0.717) is 15.8 Å². The van der Waals surface area contributed by atoms with Gasteiger partial charge in [-0.25, -0.2) is 4.98 Å². The van der Waals surface area contributed by atoms with Crippen LogP contribution in [0.5, 0.6) is 0 Å². The highest BCUT2D eigenvalue weighted by Crippen LogP contribution is 2.26. The number of amides is 2. The Balaban J connectivity index is 1.92. The van der Waals surface area contributed by atoms with Gasteiger partial charge >= 0.3 is 0 Å². The lowest BCUT2D eigenvalue weighted by Gasteiger charge is -2.08. The van der Waals surface area contributed by atoms with Gasteiger partial charge in [0.05, 0.1) is 17.3 Å². The zero-order chi connectivity index (χ0) is 16.8. The SMILES string of the molecule is CC(C)NC(=O)CNC(=O)c1csc(Nc2ccccc2Cl)n1. The molecule has 1 aromatic carbocycles. The Morgan fingerprint density at radius 2 is 2.04 bits per heavy atom. The summed E-state index contributed by atoms with van der Waals surface area (Å²) >= 11 is 7.34. The quantitative estimate of drug-likeness (QED) is 0.746. The second-order valence-electron chi connectivity index (χ2n) is 5.05. The van der Waals surface area contributed by atoms with Crippen LogP contribution in [-0.2, 0) is 4.79 Å². The van der Waals surface area contributed by atoms with E-state index in [-0.39, 0.29) is 24.2 Å². The molecule has 0 spiro atoms. The molecule has 0 saturated carbocycles. The van der Waals surface area contributed by atoms with Gasteiger partial charge in [-0.05, 0) is 26.0 Å². The van der Waals surface area contributed by atoms with Crippen molar-refractivity contribution in [3.8, 4) is 0 Å². The number of rotatable bonds is 6. The topological polar surface area (TPSA) is 83.1 Å². The minimum atomic E-state index is -0.396. The number of carbonyl (C=O) groups is 2. The zero-order valence-corrected chi connectivity index (χ0v) is 14.3. The van der Waals surface area contributed by atoms with E-state index in [9.17, 15) is 9.59 Å². The molecule has 1 heterocycles. The number of aromatic nitrogens is 1. The van der Waals surface area contributed by atoms with Crippen LogP contribution in [0.3, 0.4) is 0 Å². The summed E-state index contributed by atoms with van der Waals surface area (Å²) in [5, 5.41) is 11.0.